The Kier molecular flexibility index (Phi) is 6.73. The maximum Gasteiger partial charge on any atom is 0.289 e. The van der Waals surface area contributed by atoms with Crippen molar-refractivity contribution >= 4 is 34.4 Å². The van der Waals surface area contributed by atoms with Gasteiger partial charge in [0.25, 0.3) is 11.8 Å². The van der Waals surface area contributed by atoms with E-state index in [-0.39, 0.29) is 17.9 Å². The minimum Gasteiger partial charge on any atom is -0.351 e. The van der Waals surface area contributed by atoms with Crippen LogP contribution in [0.25, 0.3) is 10.9 Å². The first-order chi connectivity index (χ1) is 16.6. The van der Waals surface area contributed by atoms with Gasteiger partial charge in [0, 0.05) is 24.0 Å². The van der Waals surface area contributed by atoms with Crippen molar-refractivity contribution in [2.45, 2.75) is 45.8 Å². The summed E-state index contributed by atoms with van der Waals surface area (Å²) in [6.45, 7) is 6.09. The number of rotatable bonds is 7. The average Bonchev–Trinajstić information content (AvgIpc) is 3.42. The molecule has 2 atom stereocenters. The second-order valence-corrected chi connectivity index (χ2v) is 9.85. The number of amides is 3. The van der Waals surface area contributed by atoms with Gasteiger partial charge in [-0.05, 0) is 36.5 Å². The Balaban J connectivity index is 1.42. The lowest BCUT2D eigenvalue weighted by Gasteiger charge is -2.25. The number of benzene rings is 2. The number of aromatic nitrogens is 1. The maximum absolute atomic E-state index is 13.4. The minimum atomic E-state index is -1.02. The zero-order chi connectivity index (χ0) is 25.2. The van der Waals surface area contributed by atoms with Gasteiger partial charge >= 0.3 is 0 Å². The van der Waals surface area contributed by atoms with Crippen LogP contribution in [-0.2, 0) is 20.9 Å². The fourth-order valence-electron chi connectivity index (χ4n) is 4.50. The van der Waals surface area contributed by atoms with Crippen molar-refractivity contribution in [1.29, 1.82) is 0 Å². The highest BCUT2D eigenvalue weighted by Gasteiger charge is 2.44. The molecule has 4 rings (SSSR count). The molecule has 182 valence electrons. The zero-order valence-corrected chi connectivity index (χ0v) is 20.1. The van der Waals surface area contributed by atoms with Crippen LogP contribution in [0.2, 0.25) is 0 Å². The molecule has 2 heterocycles. The second-order valence-electron chi connectivity index (χ2n) is 9.85. The Hall–Kier alpha value is -3.94. The number of ketones is 1. The third kappa shape index (κ3) is 5.42. The molecule has 1 aliphatic heterocycles. The number of carbonyl (C=O) groups excluding carboxylic acids is 4. The summed E-state index contributed by atoms with van der Waals surface area (Å²) in [6, 6.07) is 16.8. The summed E-state index contributed by atoms with van der Waals surface area (Å²) in [5.41, 5.74) is 1.84. The molecule has 35 heavy (non-hydrogen) atoms. The highest BCUT2D eigenvalue weighted by atomic mass is 16.2. The molecular weight excluding hydrogens is 444 g/mol. The first-order valence-electron chi connectivity index (χ1n) is 11.7. The van der Waals surface area contributed by atoms with Crippen molar-refractivity contribution in [3.05, 3.63) is 71.9 Å². The molecule has 0 radical (unpaired) electrons. The highest BCUT2D eigenvalue weighted by molar-refractivity contribution is 6.38. The Morgan fingerprint density at radius 1 is 1.06 bits per heavy atom. The van der Waals surface area contributed by atoms with Gasteiger partial charge in [0.15, 0.2) is 0 Å². The molecule has 1 fully saturated rings. The molecule has 0 saturated carbocycles. The standard InChI is InChI=1S/C27H30N4O4/c1-17(23(32)25(34)28-15-18-9-5-4-6-10-18)29-24(33)22-14-27(2,3)16-31(22)26(35)21-13-19-11-7-8-12-20(19)30-21/h4-13,17,22,30H,14-16H2,1-3H3,(H,28,34)(H,29,33)/t17?,22-/m0/s1. The molecule has 8 heteroatoms. The van der Waals surface area contributed by atoms with E-state index in [1.54, 1.807) is 11.0 Å². The van der Waals surface area contributed by atoms with Gasteiger partial charge in [0.2, 0.25) is 11.7 Å². The molecule has 1 unspecified atom stereocenters. The summed E-state index contributed by atoms with van der Waals surface area (Å²) < 4.78 is 0. The molecule has 1 aliphatic rings. The molecule has 1 aromatic heterocycles. The molecule has 0 spiro atoms. The van der Waals surface area contributed by atoms with Crippen molar-refractivity contribution in [3.8, 4) is 0 Å². The first-order valence-corrected chi connectivity index (χ1v) is 11.7. The lowest BCUT2D eigenvalue weighted by Crippen LogP contribution is -2.52. The fourth-order valence-corrected chi connectivity index (χ4v) is 4.50. The molecule has 8 nitrogen and oxygen atoms in total. The normalized spacial score (nSPS) is 17.7. The Morgan fingerprint density at radius 2 is 1.74 bits per heavy atom. The molecule has 0 bridgehead atoms. The molecule has 3 amide bonds. The molecule has 2 aromatic carbocycles. The van der Waals surface area contributed by atoms with Gasteiger partial charge in [-0.1, -0.05) is 62.4 Å². The molecular formula is C27H30N4O4. The summed E-state index contributed by atoms with van der Waals surface area (Å²) in [5.74, 6) is -2.22. The highest BCUT2D eigenvalue weighted by Crippen LogP contribution is 2.35. The lowest BCUT2D eigenvalue weighted by molar-refractivity contribution is -0.140. The molecule has 0 aliphatic carbocycles. The zero-order valence-electron chi connectivity index (χ0n) is 20.1. The van der Waals surface area contributed by atoms with Crippen molar-refractivity contribution in [2.24, 2.45) is 5.41 Å². The van der Waals surface area contributed by atoms with Gasteiger partial charge in [-0.25, -0.2) is 0 Å². The van der Waals surface area contributed by atoms with Gasteiger partial charge in [-0.2, -0.15) is 0 Å². The number of nitrogens with one attached hydrogen (secondary N) is 3. The number of nitrogens with zero attached hydrogens (tertiary/aromatic N) is 1. The average molecular weight is 475 g/mol. The predicted molar refractivity (Wildman–Crippen MR) is 132 cm³/mol. The fraction of sp³-hybridized carbons (Fsp3) is 0.333. The number of likely N-dealkylation sites (tertiary alicyclic amines) is 1. The lowest BCUT2D eigenvalue weighted by atomic mass is 9.90. The summed E-state index contributed by atoms with van der Waals surface area (Å²) in [4.78, 5) is 56.1. The van der Waals surface area contributed by atoms with Gasteiger partial charge in [0.05, 0.1) is 6.04 Å². The number of H-pyrrole nitrogens is 1. The van der Waals surface area contributed by atoms with E-state index in [1.807, 2.05) is 68.4 Å². The van der Waals surface area contributed by atoms with Crippen molar-refractivity contribution in [2.75, 3.05) is 6.54 Å². The number of Topliss-reactive ketones (excluding diaryl/α,β-unsaturated/α-hetero) is 1. The van der Waals surface area contributed by atoms with Crippen molar-refractivity contribution < 1.29 is 19.2 Å². The largest absolute Gasteiger partial charge is 0.351 e. The van der Waals surface area contributed by atoms with Gasteiger partial charge in [-0.15, -0.1) is 0 Å². The topological polar surface area (TPSA) is 111 Å². The quantitative estimate of drug-likeness (QED) is 0.457. The monoisotopic (exact) mass is 474 g/mol. The summed E-state index contributed by atoms with van der Waals surface area (Å²) in [6.07, 6.45) is 0.450. The van der Waals surface area contributed by atoms with E-state index in [0.717, 1.165) is 16.5 Å². The smallest absolute Gasteiger partial charge is 0.289 e. The van der Waals surface area contributed by atoms with Crippen LogP contribution in [0, 0.1) is 5.41 Å². The van der Waals surface area contributed by atoms with E-state index < -0.39 is 29.7 Å². The summed E-state index contributed by atoms with van der Waals surface area (Å²) >= 11 is 0. The van der Waals surface area contributed by atoms with Gasteiger partial charge < -0.3 is 20.5 Å². The van der Waals surface area contributed by atoms with Crippen molar-refractivity contribution in [3.63, 3.8) is 0 Å². The minimum absolute atomic E-state index is 0.218. The van der Waals surface area contributed by atoms with Crippen LogP contribution in [0.15, 0.2) is 60.7 Å². The van der Waals surface area contributed by atoms with Crippen LogP contribution in [0.5, 0.6) is 0 Å². The van der Waals surface area contributed by atoms with E-state index in [9.17, 15) is 19.2 Å². The Bertz CT molecular complexity index is 1230. The Morgan fingerprint density at radius 3 is 2.46 bits per heavy atom. The SMILES string of the molecule is CC(NC(=O)[C@@H]1CC(C)(C)CN1C(=O)c1cc2ccccc2[nH]1)C(=O)C(=O)NCc1ccccc1. The van der Waals surface area contributed by atoms with Crippen LogP contribution < -0.4 is 10.6 Å². The second kappa shape index (κ2) is 9.74. The Labute approximate surface area is 204 Å². The van der Waals surface area contributed by atoms with Crippen LogP contribution in [-0.4, -0.2) is 52.0 Å². The number of para-hydroxylation sites is 1. The van der Waals surface area contributed by atoms with Gasteiger partial charge in [0.1, 0.15) is 11.7 Å². The maximum atomic E-state index is 13.4. The molecule has 1 saturated heterocycles. The van der Waals surface area contributed by atoms with E-state index >= 15 is 0 Å². The van der Waals surface area contributed by atoms with Crippen LogP contribution in [0.4, 0.5) is 0 Å². The van der Waals surface area contributed by atoms with Gasteiger partial charge in [-0.3, -0.25) is 19.2 Å². The predicted octanol–water partition coefficient (Wildman–Crippen LogP) is 2.80. The van der Waals surface area contributed by atoms with E-state index in [4.69, 9.17) is 0 Å². The number of hydrogen-bond acceptors (Lipinski definition) is 4. The van der Waals surface area contributed by atoms with Crippen molar-refractivity contribution in [1.82, 2.24) is 20.5 Å². The van der Waals surface area contributed by atoms with E-state index in [0.29, 0.717) is 18.7 Å². The number of fused-ring (bicyclic) bond motifs is 1. The molecule has 3 N–H and O–H groups in total. The number of aromatic amines is 1. The van der Waals surface area contributed by atoms with E-state index in [2.05, 4.69) is 15.6 Å². The molecule has 3 aromatic rings. The third-order valence-corrected chi connectivity index (χ3v) is 6.32. The van der Waals surface area contributed by atoms with Crippen LogP contribution in [0.3, 0.4) is 0 Å². The first kappa shape index (κ1) is 24.2. The van der Waals surface area contributed by atoms with Crippen LogP contribution >= 0.6 is 0 Å². The number of carbonyl (C=O) groups is 4. The summed E-state index contributed by atoms with van der Waals surface area (Å²) in [5, 5.41) is 6.15. The summed E-state index contributed by atoms with van der Waals surface area (Å²) in [7, 11) is 0. The number of hydrogen-bond donors (Lipinski definition) is 3. The van der Waals surface area contributed by atoms with Crippen LogP contribution in [0.1, 0.15) is 43.2 Å². The third-order valence-electron chi connectivity index (χ3n) is 6.32. The van der Waals surface area contributed by atoms with E-state index in [1.165, 1.54) is 6.92 Å².